The van der Waals surface area contributed by atoms with E-state index in [2.05, 4.69) is 48.6 Å². The molecule has 1 spiro atoms. The number of hydrogen-bond acceptors (Lipinski definition) is 3. The van der Waals surface area contributed by atoms with Gasteiger partial charge in [-0.15, -0.1) is 0 Å². The summed E-state index contributed by atoms with van der Waals surface area (Å²) in [5.74, 6) is 1.11. The number of rotatable bonds is 5. The third-order valence-electron chi connectivity index (χ3n) is 4.88. The third-order valence-corrected chi connectivity index (χ3v) is 4.88. The molecule has 1 fully saturated rings. The molecule has 0 radical (unpaired) electrons. The molecule has 1 aromatic carbocycles. The van der Waals surface area contributed by atoms with Crippen LogP contribution in [0.1, 0.15) is 50.1 Å². The summed E-state index contributed by atoms with van der Waals surface area (Å²) in [4.78, 5) is 2.25. The van der Waals surface area contributed by atoms with E-state index in [9.17, 15) is 0 Å². The summed E-state index contributed by atoms with van der Waals surface area (Å²) in [6.45, 7) is 2.22. The molecule has 0 saturated heterocycles. The van der Waals surface area contributed by atoms with Gasteiger partial charge in [-0.25, -0.2) is 0 Å². The molecule has 21 heavy (non-hydrogen) atoms. The zero-order valence-corrected chi connectivity index (χ0v) is 13.4. The summed E-state index contributed by atoms with van der Waals surface area (Å²) < 4.78 is 6.41. The van der Waals surface area contributed by atoms with Crippen LogP contribution in [0.4, 0.5) is 0 Å². The van der Waals surface area contributed by atoms with Crippen molar-refractivity contribution in [2.75, 3.05) is 27.2 Å². The molecule has 2 aliphatic rings. The fourth-order valence-electron chi connectivity index (χ4n) is 3.80. The van der Waals surface area contributed by atoms with Crippen LogP contribution >= 0.6 is 0 Å². The van der Waals surface area contributed by atoms with Crippen LogP contribution in [0.3, 0.4) is 0 Å². The van der Waals surface area contributed by atoms with Crippen molar-refractivity contribution in [1.82, 2.24) is 10.2 Å². The molecule has 3 heteroatoms. The molecule has 1 aliphatic heterocycles. The molecular weight excluding hydrogens is 260 g/mol. The first-order chi connectivity index (χ1) is 10.2. The molecular formula is C18H28N2O. The summed E-state index contributed by atoms with van der Waals surface area (Å²) in [6, 6.07) is 9.04. The molecule has 0 aromatic heterocycles. The van der Waals surface area contributed by atoms with E-state index in [1.165, 1.54) is 37.7 Å². The minimum absolute atomic E-state index is 0.105. The fraction of sp³-hybridized carbons (Fsp3) is 0.667. The Morgan fingerprint density at radius 2 is 2.00 bits per heavy atom. The Labute approximate surface area is 128 Å². The SMILES string of the molecule is CN(C)CCCNC1CC2(CCCC2)Oc2ccccc21. The first kappa shape index (κ1) is 14.9. The van der Waals surface area contributed by atoms with Crippen LogP contribution in [0, 0.1) is 0 Å². The quantitative estimate of drug-likeness (QED) is 0.841. The molecule has 0 bridgehead atoms. The molecule has 1 aliphatic carbocycles. The zero-order chi connectivity index (χ0) is 14.7. The van der Waals surface area contributed by atoms with Gasteiger partial charge in [0.1, 0.15) is 11.4 Å². The second-order valence-corrected chi connectivity index (χ2v) is 6.90. The molecule has 1 heterocycles. The highest BCUT2D eigenvalue weighted by molar-refractivity contribution is 5.39. The molecule has 1 aromatic rings. The van der Waals surface area contributed by atoms with Crippen LogP contribution in [-0.4, -0.2) is 37.7 Å². The topological polar surface area (TPSA) is 24.5 Å². The lowest BCUT2D eigenvalue weighted by Gasteiger charge is -2.40. The van der Waals surface area contributed by atoms with E-state index < -0.39 is 0 Å². The molecule has 1 atom stereocenters. The van der Waals surface area contributed by atoms with E-state index in [-0.39, 0.29) is 5.60 Å². The van der Waals surface area contributed by atoms with Crippen molar-refractivity contribution in [3.63, 3.8) is 0 Å². The van der Waals surface area contributed by atoms with Gasteiger partial charge < -0.3 is 15.0 Å². The number of ether oxygens (including phenoxy) is 1. The van der Waals surface area contributed by atoms with Crippen LogP contribution in [0.2, 0.25) is 0 Å². The number of hydrogen-bond donors (Lipinski definition) is 1. The van der Waals surface area contributed by atoms with Crippen molar-refractivity contribution in [1.29, 1.82) is 0 Å². The number of fused-ring (bicyclic) bond motifs is 1. The summed E-state index contributed by atoms with van der Waals surface area (Å²) >= 11 is 0. The Balaban J connectivity index is 1.69. The predicted molar refractivity (Wildman–Crippen MR) is 86.8 cm³/mol. The van der Waals surface area contributed by atoms with Crippen LogP contribution < -0.4 is 10.1 Å². The summed E-state index contributed by atoms with van der Waals surface area (Å²) in [5.41, 5.74) is 1.45. The van der Waals surface area contributed by atoms with Crippen molar-refractivity contribution in [3.05, 3.63) is 29.8 Å². The lowest BCUT2D eigenvalue weighted by Crippen LogP contribution is -2.42. The average molecular weight is 288 g/mol. The number of nitrogens with zero attached hydrogens (tertiary/aromatic N) is 1. The molecule has 1 unspecified atom stereocenters. The van der Waals surface area contributed by atoms with Crippen LogP contribution in [0.25, 0.3) is 0 Å². The lowest BCUT2D eigenvalue weighted by molar-refractivity contribution is 0.0367. The third kappa shape index (κ3) is 3.41. The Hall–Kier alpha value is -1.06. The van der Waals surface area contributed by atoms with Gasteiger partial charge in [0.2, 0.25) is 0 Å². The molecule has 1 N–H and O–H groups in total. The first-order valence-electron chi connectivity index (χ1n) is 8.35. The minimum atomic E-state index is 0.105. The van der Waals surface area contributed by atoms with Gasteiger partial charge in [-0.1, -0.05) is 18.2 Å². The van der Waals surface area contributed by atoms with E-state index in [0.717, 1.165) is 25.3 Å². The largest absolute Gasteiger partial charge is 0.487 e. The van der Waals surface area contributed by atoms with E-state index in [1.807, 2.05) is 0 Å². The van der Waals surface area contributed by atoms with E-state index >= 15 is 0 Å². The highest BCUT2D eigenvalue weighted by atomic mass is 16.5. The van der Waals surface area contributed by atoms with Crippen molar-refractivity contribution in [2.45, 2.75) is 50.2 Å². The van der Waals surface area contributed by atoms with Gasteiger partial charge in [0.15, 0.2) is 0 Å². The maximum atomic E-state index is 6.41. The molecule has 3 nitrogen and oxygen atoms in total. The Morgan fingerprint density at radius 1 is 1.24 bits per heavy atom. The van der Waals surface area contributed by atoms with Crippen LogP contribution in [0.5, 0.6) is 5.75 Å². The monoisotopic (exact) mass is 288 g/mol. The maximum absolute atomic E-state index is 6.41. The van der Waals surface area contributed by atoms with Gasteiger partial charge >= 0.3 is 0 Å². The number of benzene rings is 1. The summed E-state index contributed by atoms with van der Waals surface area (Å²) in [6.07, 6.45) is 7.39. The lowest BCUT2D eigenvalue weighted by atomic mass is 9.86. The number of para-hydroxylation sites is 1. The van der Waals surface area contributed by atoms with E-state index in [0.29, 0.717) is 6.04 Å². The smallest absolute Gasteiger partial charge is 0.124 e. The van der Waals surface area contributed by atoms with Gasteiger partial charge in [-0.05, 0) is 65.4 Å². The minimum Gasteiger partial charge on any atom is -0.487 e. The second kappa shape index (κ2) is 6.37. The molecule has 3 rings (SSSR count). The highest BCUT2D eigenvalue weighted by Gasteiger charge is 2.42. The van der Waals surface area contributed by atoms with Crippen LogP contribution in [0.15, 0.2) is 24.3 Å². The van der Waals surface area contributed by atoms with Gasteiger partial charge in [-0.3, -0.25) is 0 Å². The van der Waals surface area contributed by atoms with Crippen molar-refractivity contribution >= 4 is 0 Å². The van der Waals surface area contributed by atoms with Crippen molar-refractivity contribution in [2.24, 2.45) is 0 Å². The number of nitrogens with one attached hydrogen (secondary N) is 1. The average Bonchev–Trinajstić information content (AvgIpc) is 2.91. The predicted octanol–water partition coefficient (Wildman–Crippen LogP) is 3.36. The Kier molecular flexibility index (Phi) is 4.51. The van der Waals surface area contributed by atoms with E-state index in [4.69, 9.17) is 4.74 Å². The van der Waals surface area contributed by atoms with Crippen molar-refractivity contribution < 1.29 is 4.74 Å². The Bertz CT molecular complexity index is 466. The maximum Gasteiger partial charge on any atom is 0.124 e. The molecule has 0 amide bonds. The van der Waals surface area contributed by atoms with Crippen LogP contribution in [-0.2, 0) is 0 Å². The first-order valence-corrected chi connectivity index (χ1v) is 8.35. The van der Waals surface area contributed by atoms with Gasteiger partial charge in [0.05, 0.1) is 0 Å². The molecule has 116 valence electrons. The van der Waals surface area contributed by atoms with Gasteiger partial charge in [0.25, 0.3) is 0 Å². The van der Waals surface area contributed by atoms with Gasteiger partial charge in [0, 0.05) is 18.0 Å². The summed E-state index contributed by atoms with van der Waals surface area (Å²) in [7, 11) is 4.27. The Morgan fingerprint density at radius 3 is 2.76 bits per heavy atom. The van der Waals surface area contributed by atoms with Crippen molar-refractivity contribution in [3.8, 4) is 5.75 Å². The zero-order valence-electron chi connectivity index (χ0n) is 13.4. The second-order valence-electron chi connectivity index (χ2n) is 6.90. The van der Waals surface area contributed by atoms with E-state index in [1.54, 1.807) is 0 Å². The standard InChI is InChI=1S/C18H28N2O/c1-20(2)13-7-12-19-16-14-18(10-5-6-11-18)21-17-9-4-3-8-15(16)17/h3-4,8-9,16,19H,5-7,10-14H2,1-2H3. The normalized spacial score (nSPS) is 23.3. The summed E-state index contributed by atoms with van der Waals surface area (Å²) in [5, 5.41) is 3.78. The highest BCUT2D eigenvalue weighted by Crippen LogP contribution is 2.46. The molecule has 1 saturated carbocycles. The fourth-order valence-corrected chi connectivity index (χ4v) is 3.80. The van der Waals surface area contributed by atoms with Gasteiger partial charge in [-0.2, -0.15) is 0 Å².